The number of carbonyl (C=O) groups excluding carboxylic acids is 1. The Morgan fingerprint density at radius 3 is 2.47 bits per heavy atom. The van der Waals surface area contributed by atoms with Crippen molar-refractivity contribution in [1.29, 1.82) is 0 Å². The lowest BCUT2D eigenvalue weighted by Gasteiger charge is -2.30. The van der Waals surface area contributed by atoms with Crippen LogP contribution in [0.1, 0.15) is 16.7 Å². The largest absolute Gasteiger partial charge is 0.325 e. The summed E-state index contributed by atoms with van der Waals surface area (Å²) in [6.07, 6.45) is 0. The van der Waals surface area contributed by atoms with E-state index in [0.717, 1.165) is 34.1 Å². The monoisotopic (exact) mass is 465 g/mol. The molecule has 3 aromatic rings. The van der Waals surface area contributed by atoms with Crippen molar-refractivity contribution in [2.24, 2.45) is 4.40 Å². The van der Waals surface area contributed by atoms with Gasteiger partial charge in [0.1, 0.15) is 4.90 Å². The lowest BCUT2D eigenvalue weighted by Crippen LogP contribution is -2.34. The molecule has 1 aliphatic heterocycles. The number of sulfonamides is 1. The summed E-state index contributed by atoms with van der Waals surface area (Å²) in [7, 11) is -3.84. The van der Waals surface area contributed by atoms with Crippen molar-refractivity contribution < 1.29 is 13.2 Å². The number of carbonyl (C=O) groups is 1. The smallest absolute Gasteiger partial charge is 0.286 e. The van der Waals surface area contributed by atoms with Crippen molar-refractivity contribution >= 4 is 44.2 Å². The molecule has 8 heteroatoms. The van der Waals surface area contributed by atoms with Crippen molar-refractivity contribution in [2.45, 2.75) is 25.3 Å². The van der Waals surface area contributed by atoms with Crippen LogP contribution >= 0.6 is 11.8 Å². The maximum Gasteiger partial charge on any atom is 0.286 e. The maximum absolute atomic E-state index is 12.8. The predicted molar refractivity (Wildman–Crippen MR) is 131 cm³/mol. The molecule has 1 amide bonds. The topological polar surface area (TPSA) is 78.8 Å². The summed E-state index contributed by atoms with van der Waals surface area (Å²) < 4.78 is 29.6. The highest BCUT2D eigenvalue weighted by Gasteiger charge is 2.31. The first kappa shape index (κ1) is 22.1. The second kappa shape index (κ2) is 9.18. The fraction of sp³-hybridized carbons (Fsp3) is 0.167. The molecule has 0 saturated carbocycles. The molecule has 0 radical (unpaired) electrons. The van der Waals surface area contributed by atoms with E-state index in [4.69, 9.17) is 0 Å². The van der Waals surface area contributed by atoms with Gasteiger partial charge in [-0.3, -0.25) is 4.79 Å². The van der Waals surface area contributed by atoms with Crippen LogP contribution in [0.25, 0.3) is 0 Å². The number of nitrogens with one attached hydrogen (secondary N) is 1. The first-order valence-electron chi connectivity index (χ1n) is 10.1. The second-order valence-electron chi connectivity index (χ2n) is 7.54. The van der Waals surface area contributed by atoms with E-state index < -0.39 is 10.0 Å². The summed E-state index contributed by atoms with van der Waals surface area (Å²) in [5, 5.41) is 3.18. The number of thioether (sulfide) groups is 1. The summed E-state index contributed by atoms with van der Waals surface area (Å²) in [6.45, 7) is 4.37. The summed E-state index contributed by atoms with van der Waals surface area (Å²) in [5.74, 6) is -0.185. The van der Waals surface area contributed by atoms with Crippen LogP contribution in [0.4, 0.5) is 11.4 Å². The highest BCUT2D eigenvalue weighted by atomic mass is 32.2. The van der Waals surface area contributed by atoms with Gasteiger partial charge in [-0.1, -0.05) is 71.9 Å². The Kier molecular flexibility index (Phi) is 6.34. The third kappa shape index (κ3) is 4.87. The Morgan fingerprint density at radius 1 is 1.00 bits per heavy atom. The minimum atomic E-state index is -3.84. The highest BCUT2D eigenvalue weighted by Crippen LogP contribution is 2.35. The van der Waals surface area contributed by atoms with E-state index >= 15 is 0 Å². The van der Waals surface area contributed by atoms with Crippen LogP contribution in [-0.4, -0.2) is 25.2 Å². The van der Waals surface area contributed by atoms with Gasteiger partial charge < -0.3 is 10.2 Å². The van der Waals surface area contributed by atoms with Crippen molar-refractivity contribution in [1.82, 2.24) is 0 Å². The number of hydrogen-bond acceptors (Lipinski definition) is 5. The lowest BCUT2D eigenvalue weighted by molar-refractivity contribution is -0.113. The van der Waals surface area contributed by atoms with E-state index in [1.165, 1.54) is 0 Å². The van der Waals surface area contributed by atoms with Crippen LogP contribution in [0.3, 0.4) is 0 Å². The summed E-state index contributed by atoms with van der Waals surface area (Å²) in [6, 6.07) is 22.3. The molecule has 0 fully saturated rings. The molecular formula is C24H23N3O3S2. The van der Waals surface area contributed by atoms with Gasteiger partial charge in [-0.25, -0.2) is 0 Å². The van der Waals surface area contributed by atoms with Gasteiger partial charge in [-0.15, -0.1) is 4.40 Å². The zero-order chi connectivity index (χ0) is 22.7. The Bertz CT molecular complexity index is 1290. The van der Waals surface area contributed by atoms with Crippen LogP contribution < -0.4 is 10.2 Å². The van der Waals surface area contributed by atoms with E-state index in [-0.39, 0.29) is 21.7 Å². The van der Waals surface area contributed by atoms with Crippen molar-refractivity contribution in [2.75, 3.05) is 16.0 Å². The van der Waals surface area contributed by atoms with E-state index in [0.29, 0.717) is 12.2 Å². The van der Waals surface area contributed by atoms with Crippen molar-refractivity contribution in [3.05, 3.63) is 89.5 Å². The number of aryl methyl sites for hydroxylation is 2. The molecule has 0 aliphatic carbocycles. The number of fused-ring (bicyclic) bond motifs is 1. The third-order valence-corrected chi connectivity index (χ3v) is 7.44. The Labute approximate surface area is 192 Å². The fourth-order valence-corrected chi connectivity index (χ4v) is 5.75. The Hall–Kier alpha value is -3.10. The SMILES string of the molecule is Cc1ccc(NC(=O)CSC2=NS(=O)(=O)c3ccccc3N2Cc2ccccc2)c(C)c1. The van der Waals surface area contributed by atoms with Crippen LogP contribution in [0.5, 0.6) is 0 Å². The number of rotatable bonds is 5. The average molecular weight is 466 g/mol. The molecule has 32 heavy (non-hydrogen) atoms. The maximum atomic E-state index is 12.8. The molecular weight excluding hydrogens is 442 g/mol. The summed E-state index contributed by atoms with van der Waals surface area (Å²) >= 11 is 1.11. The van der Waals surface area contributed by atoms with E-state index in [2.05, 4.69) is 9.71 Å². The van der Waals surface area contributed by atoms with Crippen LogP contribution in [0.2, 0.25) is 0 Å². The standard InChI is InChI=1S/C24H23N3O3S2/c1-17-12-13-20(18(2)14-17)25-23(28)16-31-24-26-32(29,30)22-11-7-6-10-21(22)27(24)15-19-8-4-3-5-9-19/h3-14H,15-16H2,1-2H3,(H,25,28). The first-order chi connectivity index (χ1) is 15.3. The zero-order valence-corrected chi connectivity index (χ0v) is 19.4. The number of hydrogen-bond donors (Lipinski definition) is 1. The lowest BCUT2D eigenvalue weighted by atomic mass is 10.1. The van der Waals surface area contributed by atoms with Gasteiger partial charge in [-0.05, 0) is 43.2 Å². The predicted octanol–water partition coefficient (Wildman–Crippen LogP) is 4.74. The van der Waals surface area contributed by atoms with E-state index in [1.54, 1.807) is 24.3 Å². The van der Waals surface area contributed by atoms with Gasteiger partial charge >= 0.3 is 0 Å². The number of amidine groups is 1. The third-order valence-electron chi connectivity index (χ3n) is 5.04. The van der Waals surface area contributed by atoms with Gasteiger partial charge in [0.15, 0.2) is 5.17 Å². The molecule has 1 heterocycles. The Morgan fingerprint density at radius 2 is 1.72 bits per heavy atom. The summed E-state index contributed by atoms with van der Waals surface area (Å²) in [5.41, 5.74) is 4.40. The quantitative estimate of drug-likeness (QED) is 0.589. The minimum absolute atomic E-state index is 0.0368. The van der Waals surface area contributed by atoms with Crippen LogP contribution in [-0.2, 0) is 21.4 Å². The molecule has 1 aliphatic rings. The minimum Gasteiger partial charge on any atom is -0.325 e. The molecule has 3 aromatic carbocycles. The highest BCUT2D eigenvalue weighted by molar-refractivity contribution is 8.15. The van der Waals surface area contributed by atoms with Crippen LogP contribution in [0.15, 0.2) is 82.1 Å². The molecule has 0 atom stereocenters. The van der Waals surface area contributed by atoms with Crippen molar-refractivity contribution in [3.63, 3.8) is 0 Å². The van der Waals surface area contributed by atoms with Crippen LogP contribution in [0, 0.1) is 13.8 Å². The fourth-order valence-electron chi connectivity index (χ4n) is 3.50. The van der Waals surface area contributed by atoms with Crippen molar-refractivity contribution in [3.8, 4) is 0 Å². The van der Waals surface area contributed by atoms with Gasteiger partial charge in [0.05, 0.1) is 18.0 Å². The molecule has 0 saturated heterocycles. The van der Waals surface area contributed by atoms with E-state index in [1.807, 2.05) is 67.3 Å². The molecule has 0 unspecified atom stereocenters. The number of amides is 1. The molecule has 164 valence electrons. The zero-order valence-electron chi connectivity index (χ0n) is 17.8. The first-order valence-corrected chi connectivity index (χ1v) is 12.5. The van der Waals surface area contributed by atoms with E-state index in [9.17, 15) is 13.2 Å². The second-order valence-corrected chi connectivity index (χ2v) is 10.1. The normalized spacial score (nSPS) is 14.4. The van der Waals surface area contributed by atoms with Gasteiger partial charge in [0.2, 0.25) is 5.91 Å². The molecule has 4 rings (SSSR count). The molecule has 6 nitrogen and oxygen atoms in total. The number of nitrogens with zero attached hydrogens (tertiary/aromatic N) is 2. The number of benzene rings is 3. The van der Waals surface area contributed by atoms with Gasteiger partial charge in [-0.2, -0.15) is 8.42 Å². The van der Waals surface area contributed by atoms with Gasteiger partial charge in [0, 0.05) is 5.69 Å². The number of anilines is 2. The average Bonchev–Trinajstić information content (AvgIpc) is 2.77. The summed E-state index contributed by atoms with van der Waals surface area (Å²) in [4.78, 5) is 14.6. The molecule has 0 aromatic heterocycles. The number of para-hydroxylation sites is 1. The van der Waals surface area contributed by atoms with Gasteiger partial charge in [0.25, 0.3) is 10.0 Å². The Balaban J connectivity index is 1.57. The molecule has 1 N–H and O–H groups in total. The molecule has 0 spiro atoms. The molecule has 0 bridgehead atoms.